The Morgan fingerprint density at radius 2 is 2.15 bits per heavy atom. The highest BCUT2D eigenvalue weighted by molar-refractivity contribution is 7.80. The maximum atomic E-state index is 13.2. The van der Waals surface area contributed by atoms with Crippen molar-refractivity contribution in [1.82, 2.24) is 10.2 Å². The first-order valence-corrected chi connectivity index (χ1v) is 9.58. The van der Waals surface area contributed by atoms with Crippen LogP contribution in [0, 0.1) is 5.92 Å². The molecule has 0 radical (unpaired) electrons. The Labute approximate surface area is 162 Å². The number of nitrogens with zero attached hydrogens (tertiary/aromatic N) is 2. The van der Waals surface area contributed by atoms with Crippen molar-refractivity contribution in [3.8, 4) is 0 Å². The number of carbonyl (C=O) groups is 2. The fourth-order valence-corrected chi connectivity index (χ4v) is 4.59. The van der Waals surface area contributed by atoms with Gasteiger partial charge in [-0.2, -0.15) is 0 Å². The number of carbonyl (C=O) groups excluding carboxylic acids is 2. The van der Waals surface area contributed by atoms with Gasteiger partial charge >= 0.3 is 0 Å². The number of hydrogen-bond donors (Lipinski definition) is 2. The Balaban J connectivity index is 1.55. The van der Waals surface area contributed by atoms with Crippen LogP contribution < -0.4 is 5.32 Å². The van der Waals surface area contributed by atoms with Gasteiger partial charge in [0.1, 0.15) is 6.04 Å². The Morgan fingerprint density at radius 3 is 2.93 bits per heavy atom. The van der Waals surface area contributed by atoms with Crippen LogP contribution in [0.5, 0.6) is 0 Å². The normalized spacial score (nSPS) is 27.3. The highest BCUT2D eigenvalue weighted by Gasteiger charge is 2.45. The molecule has 2 saturated heterocycles. The Kier molecular flexibility index (Phi) is 4.88. The van der Waals surface area contributed by atoms with Crippen molar-refractivity contribution in [2.24, 2.45) is 11.1 Å². The van der Waals surface area contributed by atoms with Crippen LogP contribution in [0.2, 0.25) is 0 Å². The van der Waals surface area contributed by atoms with Crippen LogP contribution in [0.15, 0.2) is 35.0 Å². The van der Waals surface area contributed by atoms with Gasteiger partial charge in [-0.05, 0) is 30.0 Å². The molecule has 2 heterocycles. The van der Waals surface area contributed by atoms with Gasteiger partial charge in [-0.1, -0.05) is 41.6 Å². The lowest BCUT2D eigenvalue weighted by Gasteiger charge is -2.27. The highest BCUT2D eigenvalue weighted by Crippen LogP contribution is 2.30. The molecule has 27 heavy (non-hydrogen) atoms. The summed E-state index contributed by atoms with van der Waals surface area (Å²) >= 11 is 5.44. The van der Waals surface area contributed by atoms with Gasteiger partial charge < -0.3 is 15.4 Å². The second-order valence-corrected chi connectivity index (χ2v) is 7.74. The minimum absolute atomic E-state index is 0.0638. The molecule has 1 aromatic carbocycles. The molecular formula is C20H21N3O3S. The van der Waals surface area contributed by atoms with E-state index in [1.54, 1.807) is 4.90 Å². The number of likely N-dealkylation sites (tertiary alicyclic amines) is 1. The van der Waals surface area contributed by atoms with Crippen LogP contribution in [0.3, 0.4) is 0 Å². The minimum Gasteiger partial charge on any atom is -0.411 e. The molecule has 0 spiro atoms. The fraction of sp³-hybridized carbons (Fsp3) is 0.400. The van der Waals surface area contributed by atoms with E-state index in [9.17, 15) is 9.59 Å². The van der Waals surface area contributed by atoms with E-state index in [0.717, 1.165) is 24.0 Å². The maximum absolute atomic E-state index is 13.2. The molecule has 0 aromatic heterocycles. The predicted octanol–water partition coefficient (Wildman–Crippen LogP) is 1.60. The van der Waals surface area contributed by atoms with E-state index in [4.69, 9.17) is 17.4 Å². The number of rotatable bonds is 4. The molecule has 3 aliphatic rings. The summed E-state index contributed by atoms with van der Waals surface area (Å²) in [6.07, 6.45) is 5.48. The summed E-state index contributed by atoms with van der Waals surface area (Å²) in [4.78, 5) is 28.6. The molecule has 7 heteroatoms. The molecule has 0 bridgehead atoms. The number of amides is 1. The summed E-state index contributed by atoms with van der Waals surface area (Å²) in [6, 6.07) is 7.04. The summed E-state index contributed by atoms with van der Waals surface area (Å²) in [5, 5.41) is 15.1. The van der Waals surface area contributed by atoms with Gasteiger partial charge in [-0.3, -0.25) is 9.59 Å². The first-order chi connectivity index (χ1) is 13.1. The Hall–Kier alpha value is -2.38. The summed E-state index contributed by atoms with van der Waals surface area (Å²) < 4.78 is 0. The van der Waals surface area contributed by atoms with Crippen LogP contribution >= 0.6 is 12.2 Å². The van der Waals surface area contributed by atoms with Crippen molar-refractivity contribution in [3.05, 3.63) is 41.0 Å². The number of thiocarbonyl (C=S) groups is 1. The molecule has 4 rings (SSSR count). The number of hydrogen-bond acceptors (Lipinski definition) is 6. The van der Waals surface area contributed by atoms with Crippen LogP contribution in [-0.2, 0) is 16.0 Å². The molecule has 1 aliphatic carbocycles. The summed E-state index contributed by atoms with van der Waals surface area (Å²) in [5.41, 5.74) is 2.89. The van der Waals surface area contributed by atoms with Gasteiger partial charge in [-0.25, -0.2) is 0 Å². The van der Waals surface area contributed by atoms with Crippen molar-refractivity contribution < 1.29 is 14.8 Å². The van der Waals surface area contributed by atoms with Crippen molar-refractivity contribution in [1.29, 1.82) is 0 Å². The number of fused-ring (bicyclic) bond motifs is 1. The fourth-order valence-electron chi connectivity index (χ4n) is 4.27. The summed E-state index contributed by atoms with van der Waals surface area (Å²) in [5.74, 6) is -0.835. The standard InChI is InChI=1S/C20H21N3O3S/c24-19(14-8-12-4-1-2-5-13(12)9-14)17-16(27)11-21-18(17)20(25)23-7-3-6-15(23)10-22-26/h1-2,4-5,8,10,15,17-18,21,26H,3,6-7,9,11H2/t15-,17?,18-/m0/s1. The van der Waals surface area contributed by atoms with Gasteiger partial charge in [0.05, 0.1) is 18.2 Å². The van der Waals surface area contributed by atoms with E-state index in [2.05, 4.69) is 10.5 Å². The van der Waals surface area contributed by atoms with E-state index in [1.165, 1.54) is 6.21 Å². The molecule has 2 aliphatic heterocycles. The first-order valence-electron chi connectivity index (χ1n) is 9.17. The highest BCUT2D eigenvalue weighted by atomic mass is 32.1. The van der Waals surface area contributed by atoms with E-state index in [1.807, 2.05) is 30.3 Å². The third-order valence-electron chi connectivity index (χ3n) is 5.63. The number of nitrogens with one attached hydrogen (secondary N) is 1. The van der Waals surface area contributed by atoms with Crippen LogP contribution in [0.4, 0.5) is 0 Å². The monoisotopic (exact) mass is 383 g/mol. The zero-order valence-corrected chi connectivity index (χ0v) is 15.6. The molecule has 140 valence electrons. The zero-order valence-electron chi connectivity index (χ0n) is 14.8. The number of Topliss-reactive ketones (excluding diaryl/α,β-unsaturated/α-hetero) is 1. The lowest BCUT2D eigenvalue weighted by molar-refractivity contribution is -0.135. The summed E-state index contributed by atoms with van der Waals surface area (Å²) in [6.45, 7) is 0.977. The molecule has 1 unspecified atom stereocenters. The van der Waals surface area contributed by atoms with Crippen molar-refractivity contribution in [2.45, 2.75) is 31.3 Å². The van der Waals surface area contributed by atoms with Crippen molar-refractivity contribution in [3.63, 3.8) is 0 Å². The van der Waals surface area contributed by atoms with Gasteiger partial charge in [0.15, 0.2) is 5.78 Å². The molecule has 3 atom stereocenters. The molecule has 1 aromatic rings. The first kappa shape index (κ1) is 18.0. The molecule has 6 nitrogen and oxygen atoms in total. The third-order valence-corrected chi connectivity index (χ3v) is 6.03. The second-order valence-electron chi connectivity index (χ2n) is 7.22. The minimum atomic E-state index is -0.651. The van der Waals surface area contributed by atoms with Crippen LogP contribution in [0.1, 0.15) is 24.0 Å². The molecule has 2 fully saturated rings. The van der Waals surface area contributed by atoms with E-state index in [-0.39, 0.29) is 17.7 Å². The van der Waals surface area contributed by atoms with Gasteiger partial charge in [0.2, 0.25) is 5.91 Å². The molecule has 0 saturated carbocycles. The number of benzene rings is 1. The van der Waals surface area contributed by atoms with Crippen LogP contribution in [0.25, 0.3) is 6.08 Å². The lowest BCUT2D eigenvalue weighted by atomic mass is 9.89. The number of oxime groups is 1. The molecule has 1 amide bonds. The number of allylic oxidation sites excluding steroid dienone is 1. The van der Waals surface area contributed by atoms with Crippen molar-refractivity contribution in [2.75, 3.05) is 13.1 Å². The zero-order chi connectivity index (χ0) is 19.0. The Bertz CT molecular complexity index is 864. The van der Waals surface area contributed by atoms with Crippen molar-refractivity contribution >= 4 is 41.1 Å². The maximum Gasteiger partial charge on any atom is 0.241 e. The lowest BCUT2D eigenvalue weighted by Crippen LogP contribution is -2.50. The topological polar surface area (TPSA) is 82.0 Å². The Morgan fingerprint density at radius 1 is 1.33 bits per heavy atom. The largest absolute Gasteiger partial charge is 0.411 e. The smallest absolute Gasteiger partial charge is 0.241 e. The van der Waals surface area contributed by atoms with E-state index >= 15 is 0 Å². The predicted molar refractivity (Wildman–Crippen MR) is 106 cm³/mol. The van der Waals surface area contributed by atoms with E-state index in [0.29, 0.717) is 29.9 Å². The second kappa shape index (κ2) is 7.32. The SMILES string of the molecule is O=C(C1=Cc2ccccc2C1)C1C(=S)CN[C@@H]1C(=O)N1CCC[C@H]1C=NO. The average Bonchev–Trinajstić information content (AvgIpc) is 3.38. The quantitative estimate of drug-likeness (QED) is 0.357. The number of ketones is 1. The summed E-state index contributed by atoms with van der Waals surface area (Å²) in [7, 11) is 0. The molecular weight excluding hydrogens is 362 g/mol. The molecule has 2 N–H and O–H groups in total. The van der Waals surface area contributed by atoms with Gasteiger partial charge in [0, 0.05) is 29.9 Å². The average molecular weight is 383 g/mol. The van der Waals surface area contributed by atoms with Gasteiger partial charge in [-0.15, -0.1) is 0 Å². The van der Waals surface area contributed by atoms with E-state index < -0.39 is 12.0 Å². The van der Waals surface area contributed by atoms with Gasteiger partial charge in [0.25, 0.3) is 0 Å². The third kappa shape index (κ3) is 3.21. The van der Waals surface area contributed by atoms with Crippen LogP contribution in [-0.4, -0.2) is 58.0 Å².